The van der Waals surface area contributed by atoms with Crippen LogP contribution in [-0.2, 0) is 11.8 Å². The molecule has 0 saturated carbocycles. The first kappa shape index (κ1) is 14.1. The quantitative estimate of drug-likeness (QED) is 0.664. The van der Waals surface area contributed by atoms with Crippen LogP contribution < -0.4 is 10.5 Å². The van der Waals surface area contributed by atoms with Gasteiger partial charge in [-0.25, -0.2) is 4.39 Å². The number of aromatic nitrogens is 1. The summed E-state index contributed by atoms with van der Waals surface area (Å²) in [5.74, 6) is 0.490. The monoisotopic (exact) mass is 310 g/mol. The molecule has 4 rings (SSSR count). The van der Waals surface area contributed by atoms with Gasteiger partial charge in [0, 0.05) is 28.4 Å². The first-order valence-corrected chi connectivity index (χ1v) is 7.69. The molecule has 0 radical (unpaired) electrons. The summed E-state index contributed by atoms with van der Waals surface area (Å²) >= 11 is 0. The van der Waals surface area contributed by atoms with Gasteiger partial charge in [-0.05, 0) is 41.0 Å². The average Bonchev–Trinajstić information content (AvgIpc) is 2.87. The molecule has 1 aliphatic rings. The second-order valence-corrected chi connectivity index (χ2v) is 6.72. The van der Waals surface area contributed by atoms with Crippen molar-refractivity contribution in [2.45, 2.75) is 25.7 Å². The van der Waals surface area contributed by atoms with Crippen molar-refractivity contribution in [3.05, 3.63) is 58.5 Å². The number of anilines is 1. The minimum absolute atomic E-state index is 0.174. The van der Waals surface area contributed by atoms with Crippen molar-refractivity contribution >= 4 is 16.6 Å². The molecule has 1 aromatic heterocycles. The Kier molecular flexibility index (Phi) is 2.77. The summed E-state index contributed by atoms with van der Waals surface area (Å²) in [5, 5.41) is 0.918. The standard InChI is InChI=1S/C19H19FN2O/c1-19(2)14-7-11(23-3)5-4-10(14)6-13-12-8-15(20)16(21)9-17(12)22-18(13)19/h4-5,7-9,22H,6,21H2,1-3H3. The van der Waals surface area contributed by atoms with Crippen LogP contribution in [0.3, 0.4) is 0 Å². The molecule has 0 spiro atoms. The van der Waals surface area contributed by atoms with E-state index in [0.29, 0.717) is 0 Å². The summed E-state index contributed by atoms with van der Waals surface area (Å²) in [5.41, 5.74) is 11.3. The molecule has 118 valence electrons. The Bertz CT molecular complexity index is 940. The minimum atomic E-state index is -0.363. The van der Waals surface area contributed by atoms with Gasteiger partial charge in [-0.3, -0.25) is 0 Å². The number of hydrogen-bond donors (Lipinski definition) is 2. The molecule has 4 heteroatoms. The smallest absolute Gasteiger partial charge is 0.146 e. The van der Waals surface area contributed by atoms with Crippen molar-refractivity contribution in [3.8, 4) is 5.75 Å². The van der Waals surface area contributed by atoms with E-state index in [2.05, 4.69) is 31.0 Å². The fourth-order valence-corrected chi connectivity index (χ4v) is 3.75. The summed E-state index contributed by atoms with van der Waals surface area (Å²) < 4.78 is 19.3. The van der Waals surface area contributed by atoms with Crippen molar-refractivity contribution in [2.24, 2.45) is 0 Å². The Morgan fingerprint density at radius 1 is 1.22 bits per heavy atom. The molecular weight excluding hydrogens is 291 g/mol. The van der Waals surface area contributed by atoms with Crippen molar-refractivity contribution in [1.82, 2.24) is 4.98 Å². The lowest BCUT2D eigenvalue weighted by molar-refractivity contribution is 0.412. The van der Waals surface area contributed by atoms with Crippen LogP contribution in [0.4, 0.5) is 10.1 Å². The van der Waals surface area contributed by atoms with Crippen molar-refractivity contribution < 1.29 is 9.13 Å². The molecule has 0 saturated heterocycles. The van der Waals surface area contributed by atoms with Gasteiger partial charge < -0.3 is 15.5 Å². The number of nitrogens with two attached hydrogens (primary N) is 1. The lowest BCUT2D eigenvalue weighted by Crippen LogP contribution is -2.27. The number of aromatic amines is 1. The van der Waals surface area contributed by atoms with Crippen LogP contribution in [0, 0.1) is 5.82 Å². The molecule has 0 atom stereocenters. The average molecular weight is 310 g/mol. The Hall–Kier alpha value is -2.49. The Balaban J connectivity index is 2.00. The van der Waals surface area contributed by atoms with Crippen LogP contribution >= 0.6 is 0 Å². The predicted molar refractivity (Wildman–Crippen MR) is 90.6 cm³/mol. The van der Waals surface area contributed by atoms with Crippen LogP contribution in [0.25, 0.3) is 10.9 Å². The van der Waals surface area contributed by atoms with Gasteiger partial charge in [-0.15, -0.1) is 0 Å². The molecule has 3 aromatic rings. The molecule has 0 bridgehead atoms. The van der Waals surface area contributed by atoms with Crippen molar-refractivity contribution in [3.63, 3.8) is 0 Å². The molecule has 0 unspecified atom stereocenters. The first-order chi connectivity index (χ1) is 10.9. The highest BCUT2D eigenvalue weighted by Gasteiger charge is 2.35. The topological polar surface area (TPSA) is 51.0 Å². The molecule has 23 heavy (non-hydrogen) atoms. The van der Waals surface area contributed by atoms with Gasteiger partial charge in [0.1, 0.15) is 11.6 Å². The molecule has 0 aliphatic heterocycles. The Morgan fingerprint density at radius 2 is 2.00 bits per heavy atom. The molecular formula is C19H19FN2O. The molecule has 3 N–H and O–H groups in total. The maximum Gasteiger partial charge on any atom is 0.146 e. The minimum Gasteiger partial charge on any atom is -0.497 e. The number of rotatable bonds is 1. The van der Waals surface area contributed by atoms with Gasteiger partial charge in [0.2, 0.25) is 0 Å². The number of nitrogen functional groups attached to an aromatic ring is 1. The van der Waals surface area contributed by atoms with Crippen LogP contribution in [0.15, 0.2) is 30.3 Å². The normalized spacial score (nSPS) is 15.3. The van der Waals surface area contributed by atoms with E-state index < -0.39 is 0 Å². The predicted octanol–water partition coefficient (Wildman–Crippen LogP) is 4.13. The summed E-state index contributed by atoms with van der Waals surface area (Å²) in [6, 6.07) is 9.41. The van der Waals surface area contributed by atoms with E-state index in [1.807, 2.05) is 6.07 Å². The molecule has 1 aliphatic carbocycles. The summed E-state index contributed by atoms with van der Waals surface area (Å²) in [4.78, 5) is 3.47. The van der Waals surface area contributed by atoms with E-state index in [4.69, 9.17) is 10.5 Å². The lowest BCUT2D eigenvalue weighted by atomic mass is 9.72. The van der Waals surface area contributed by atoms with Crippen LogP contribution in [0.5, 0.6) is 5.75 Å². The third-order valence-electron chi connectivity index (χ3n) is 5.01. The van der Waals surface area contributed by atoms with Gasteiger partial charge >= 0.3 is 0 Å². The van der Waals surface area contributed by atoms with Crippen LogP contribution in [0.1, 0.15) is 36.2 Å². The number of hydrogen-bond acceptors (Lipinski definition) is 2. The van der Waals surface area contributed by atoms with Crippen LogP contribution in [-0.4, -0.2) is 12.1 Å². The summed E-state index contributed by atoms with van der Waals surface area (Å²) in [6.07, 6.45) is 0.779. The number of nitrogens with one attached hydrogen (secondary N) is 1. The number of benzene rings is 2. The zero-order chi connectivity index (χ0) is 16.4. The number of methoxy groups -OCH3 is 1. The molecule has 0 fully saturated rings. The second-order valence-electron chi connectivity index (χ2n) is 6.72. The lowest BCUT2D eigenvalue weighted by Gasteiger charge is -2.33. The Morgan fingerprint density at radius 3 is 2.74 bits per heavy atom. The zero-order valence-electron chi connectivity index (χ0n) is 13.5. The molecule has 1 heterocycles. The first-order valence-electron chi connectivity index (χ1n) is 7.69. The number of ether oxygens (including phenoxy) is 1. The highest BCUT2D eigenvalue weighted by atomic mass is 19.1. The highest BCUT2D eigenvalue weighted by molar-refractivity contribution is 5.89. The molecule has 0 amide bonds. The maximum absolute atomic E-state index is 13.9. The SMILES string of the molecule is COc1ccc2c(c1)C(C)(C)c1[nH]c3cc(N)c(F)cc3c1C2. The van der Waals surface area contributed by atoms with Crippen molar-refractivity contribution in [2.75, 3.05) is 12.8 Å². The largest absolute Gasteiger partial charge is 0.497 e. The van der Waals surface area contributed by atoms with Gasteiger partial charge in [0.25, 0.3) is 0 Å². The van der Waals surface area contributed by atoms with E-state index in [1.165, 1.54) is 11.1 Å². The summed E-state index contributed by atoms with van der Waals surface area (Å²) in [7, 11) is 1.68. The third kappa shape index (κ3) is 1.87. The molecule has 3 nitrogen and oxygen atoms in total. The zero-order valence-corrected chi connectivity index (χ0v) is 13.5. The highest BCUT2D eigenvalue weighted by Crippen LogP contribution is 2.45. The second kappa shape index (κ2) is 4.51. The maximum atomic E-state index is 13.9. The third-order valence-corrected chi connectivity index (χ3v) is 5.01. The van der Waals surface area contributed by atoms with Gasteiger partial charge in [-0.2, -0.15) is 0 Å². The number of halogens is 1. The Labute approximate surface area is 134 Å². The van der Waals surface area contributed by atoms with E-state index in [0.717, 1.165) is 34.3 Å². The van der Waals surface area contributed by atoms with E-state index >= 15 is 0 Å². The van der Waals surface area contributed by atoms with Crippen LogP contribution in [0.2, 0.25) is 0 Å². The van der Waals surface area contributed by atoms with Gasteiger partial charge in [0.05, 0.1) is 12.8 Å². The van der Waals surface area contributed by atoms with Gasteiger partial charge in [-0.1, -0.05) is 19.9 Å². The van der Waals surface area contributed by atoms with E-state index in [1.54, 1.807) is 19.2 Å². The van der Waals surface area contributed by atoms with Gasteiger partial charge in [0.15, 0.2) is 0 Å². The summed E-state index contributed by atoms with van der Waals surface area (Å²) in [6.45, 7) is 4.36. The molecule has 2 aromatic carbocycles. The number of fused-ring (bicyclic) bond motifs is 4. The van der Waals surface area contributed by atoms with E-state index in [9.17, 15) is 4.39 Å². The fraction of sp³-hybridized carbons (Fsp3) is 0.263. The van der Waals surface area contributed by atoms with Crippen molar-refractivity contribution in [1.29, 1.82) is 0 Å². The van der Waals surface area contributed by atoms with E-state index in [-0.39, 0.29) is 16.9 Å². The fourth-order valence-electron chi connectivity index (χ4n) is 3.75. The number of H-pyrrole nitrogens is 1.